The number of hydrogen-bond donors (Lipinski definition) is 1. The van der Waals surface area contributed by atoms with Gasteiger partial charge in [0.15, 0.2) is 0 Å². The maximum absolute atomic E-state index is 13.3. The van der Waals surface area contributed by atoms with Gasteiger partial charge in [0.05, 0.1) is 24.6 Å². The summed E-state index contributed by atoms with van der Waals surface area (Å²) in [5, 5.41) is 0. The molecular weight excluding hydrogens is 434 g/mol. The number of para-hydroxylation sites is 2. The Morgan fingerprint density at radius 2 is 1.47 bits per heavy atom. The fraction of sp³-hybridized carbons (Fsp3) is 0.192. The number of hydrogen-bond acceptors (Lipinski definition) is 5. The number of rotatable bonds is 7. The van der Waals surface area contributed by atoms with Gasteiger partial charge in [0, 0.05) is 5.92 Å². The second kappa shape index (κ2) is 9.36. The van der Waals surface area contributed by atoms with Crippen molar-refractivity contribution >= 4 is 0 Å². The number of H-pyrrole nitrogens is 1. The lowest BCUT2D eigenvalue weighted by Crippen LogP contribution is -2.48. The van der Waals surface area contributed by atoms with E-state index in [0.717, 1.165) is 34.3 Å². The number of nitrogens with one attached hydrogen (secondary N) is 1. The van der Waals surface area contributed by atoms with Crippen LogP contribution in [0.5, 0.6) is 11.5 Å². The summed E-state index contributed by atoms with van der Waals surface area (Å²) in [5.74, 6) is 1.81. The first-order chi connectivity index (χ1) is 16.6. The average Bonchev–Trinajstić information content (AvgIpc) is 2.80. The van der Waals surface area contributed by atoms with Gasteiger partial charge in [-0.15, -0.1) is 0 Å². The first-order valence-corrected chi connectivity index (χ1v) is 11.1. The third-order valence-electron chi connectivity index (χ3n) is 5.82. The molecule has 8 nitrogen and oxygen atoms in total. The SMILES string of the molecule is O=c1[nH]c(=O)n(-c2ccc(Oc3ccccc3)c(CCC3COC3)c2)c(=O)n1-c1ccccc1. The van der Waals surface area contributed by atoms with Crippen LogP contribution in [0.25, 0.3) is 11.4 Å². The van der Waals surface area contributed by atoms with Crippen LogP contribution in [0.15, 0.2) is 93.2 Å². The van der Waals surface area contributed by atoms with Crippen LogP contribution in [0.4, 0.5) is 0 Å². The lowest BCUT2D eigenvalue weighted by atomic mass is 9.97. The molecule has 34 heavy (non-hydrogen) atoms. The number of ether oxygens (including phenoxy) is 2. The van der Waals surface area contributed by atoms with E-state index in [1.54, 1.807) is 48.5 Å². The highest BCUT2D eigenvalue weighted by molar-refractivity contribution is 5.46. The van der Waals surface area contributed by atoms with Crippen LogP contribution in [0.1, 0.15) is 12.0 Å². The van der Waals surface area contributed by atoms with Gasteiger partial charge in [-0.2, -0.15) is 0 Å². The van der Waals surface area contributed by atoms with E-state index in [0.29, 0.717) is 35.2 Å². The Bertz CT molecular complexity index is 1470. The van der Waals surface area contributed by atoms with Crippen LogP contribution >= 0.6 is 0 Å². The van der Waals surface area contributed by atoms with E-state index >= 15 is 0 Å². The van der Waals surface area contributed by atoms with Gasteiger partial charge in [-0.1, -0.05) is 36.4 Å². The van der Waals surface area contributed by atoms with Gasteiger partial charge in [-0.3, -0.25) is 4.98 Å². The summed E-state index contributed by atoms with van der Waals surface area (Å²) in [6.07, 6.45) is 1.58. The Labute approximate surface area is 194 Å². The summed E-state index contributed by atoms with van der Waals surface area (Å²) in [6, 6.07) is 23.1. The van der Waals surface area contributed by atoms with Gasteiger partial charge in [-0.05, 0) is 60.9 Å². The van der Waals surface area contributed by atoms with E-state index in [1.165, 1.54) is 0 Å². The van der Waals surface area contributed by atoms with E-state index in [2.05, 4.69) is 4.98 Å². The maximum Gasteiger partial charge on any atom is 0.345 e. The molecule has 2 heterocycles. The second-order valence-corrected chi connectivity index (χ2v) is 8.17. The van der Waals surface area contributed by atoms with E-state index in [9.17, 15) is 14.4 Å². The van der Waals surface area contributed by atoms with Crippen molar-refractivity contribution in [3.63, 3.8) is 0 Å². The van der Waals surface area contributed by atoms with Crippen molar-refractivity contribution in [3.8, 4) is 22.9 Å². The predicted molar refractivity (Wildman–Crippen MR) is 127 cm³/mol. The molecule has 1 fully saturated rings. The van der Waals surface area contributed by atoms with Crippen molar-refractivity contribution in [2.75, 3.05) is 13.2 Å². The standard InChI is InChI=1S/C26H23N3O5/c30-24-27-25(31)29(26(32)28(24)20-7-3-1-4-8-20)21-13-14-23(34-22-9-5-2-6-10-22)19(15-21)12-11-18-16-33-17-18/h1-10,13-15,18H,11-12,16-17H2,(H,27,30,31). The highest BCUT2D eigenvalue weighted by atomic mass is 16.5. The first kappa shape index (κ1) is 21.7. The van der Waals surface area contributed by atoms with Crippen LogP contribution in [0, 0.1) is 5.92 Å². The zero-order chi connectivity index (χ0) is 23.5. The summed E-state index contributed by atoms with van der Waals surface area (Å²) in [6.45, 7) is 1.46. The number of aromatic nitrogens is 3. The van der Waals surface area contributed by atoms with E-state index < -0.39 is 17.1 Å². The van der Waals surface area contributed by atoms with Crippen molar-refractivity contribution in [1.82, 2.24) is 14.1 Å². The lowest BCUT2D eigenvalue weighted by Gasteiger charge is -2.26. The molecule has 0 amide bonds. The molecule has 3 aromatic carbocycles. The largest absolute Gasteiger partial charge is 0.457 e. The highest BCUT2D eigenvalue weighted by Gasteiger charge is 2.20. The van der Waals surface area contributed by atoms with E-state index in [4.69, 9.17) is 9.47 Å². The molecule has 1 aliphatic heterocycles. The Morgan fingerprint density at radius 1 is 0.824 bits per heavy atom. The molecule has 0 spiro atoms. The van der Waals surface area contributed by atoms with Crippen LogP contribution in [0.2, 0.25) is 0 Å². The molecule has 1 aromatic heterocycles. The highest BCUT2D eigenvalue weighted by Crippen LogP contribution is 2.29. The molecule has 0 aliphatic carbocycles. The first-order valence-electron chi connectivity index (χ1n) is 11.1. The molecule has 1 N–H and O–H groups in total. The molecule has 1 saturated heterocycles. The van der Waals surface area contributed by atoms with E-state index in [1.807, 2.05) is 30.3 Å². The fourth-order valence-corrected chi connectivity index (χ4v) is 3.94. The summed E-state index contributed by atoms with van der Waals surface area (Å²) in [5.41, 5.74) is -0.732. The third-order valence-corrected chi connectivity index (χ3v) is 5.82. The number of benzene rings is 3. The van der Waals surface area contributed by atoms with Gasteiger partial charge < -0.3 is 9.47 Å². The van der Waals surface area contributed by atoms with Gasteiger partial charge in [0.1, 0.15) is 11.5 Å². The molecule has 0 saturated carbocycles. The minimum absolute atomic E-state index is 0.358. The lowest BCUT2D eigenvalue weighted by molar-refractivity contribution is -0.0352. The van der Waals surface area contributed by atoms with Crippen molar-refractivity contribution in [2.24, 2.45) is 5.92 Å². The zero-order valence-electron chi connectivity index (χ0n) is 18.3. The summed E-state index contributed by atoms with van der Waals surface area (Å²) in [4.78, 5) is 40.7. The molecule has 8 heteroatoms. The normalized spacial score (nSPS) is 13.4. The molecule has 1 aliphatic rings. The number of aryl methyl sites for hydroxylation is 1. The van der Waals surface area contributed by atoms with Crippen molar-refractivity contribution < 1.29 is 9.47 Å². The molecule has 0 atom stereocenters. The van der Waals surface area contributed by atoms with Crippen LogP contribution in [-0.2, 0) is 11.2 Å². The monoisotopic (exact) mass is 457 g/mol. The summed E-state index contributed by atoms with van der Waals surface area (Å²) < 4.78 is 13.3. The molecule has 172 valence electrons. The van der Waals surface area contributed by atoms with Gasteiger partial charge >= 0.3 is 17.1 Å². The zero-order valence-corrected chi connectivity index (χ0v) is 18.3. The van der Waals surface area contributed by atoms with Crippen molar-refractivity contribution in [1.29, 1.82) is 0 Å². The average molecular weight is 457 g/mol. The number of nitrogens with zero attached hydrogens (tertiary/aromatic N) is 2. The van der Waals surface area contributed by atoms with Crippen LogP contribution in [-0.4, -0.2) is 27.3 Å². The third kappa shape index (κ3) is 4.35. The predicted octanol–water partition coefficient (Wildman–Crippen LogP) is 3.05. The van der Waals surface area contributed by atoms with Crippen LogP contribution in [0.3, 0.4) is 0 Å². The minimum Gasteiger partial charge on any atom is -0.457 e. The smallest absolute Gasteiger partial charge is 0.345 e. The Hall–Kier alpha value is -4.17. The molecule has 0 radical (unpaired) electrons. The topological polar surface area (TPSA) is 95.3 Å². The molecule has 5 rings (SSSR count). The molecule has 4 aromatic rings. The van der Waals surface area contributed by atoms with Crippen LogP contribution < -0.4 is 21.8 Å². The number of aromatic amines is 1. The van der Waals surface area contributed by atoms with Crippen molar-refractivity contribution in [3.05, 3.63) is 116 Å². The summed E-state index contributed by atoms with van der Waals surface area (Å²) >= 11 is 0. The quantitative estimate of drug-likeness (QED) is 0.460. The minimum atomic E-state index is -0.794. The molecule has 0 bridgehead atoms. The van der Waals surface area contributed by atoms with Crippen molar-refractivity contribution in [2.45, 2.75) is 12.8 Å². The Balaban J connectivity index is 1.59. The Kier molecular flexibility index (Phi) is 5.97. The van der Waals surface area contributed by atoms with E-state index in [-0.39, 0.29) is 0 Å². The second-order valence-electron chi connectivity index (χ2n) is 8.17. The molecule has 0 unspecified atom stereocenters. The fourth-order valence-electron chi connectivity index (χ4n) is 3.94. The Morgan fingerprint density at radius 3 is 2.12 bits per heavy atom. The summed E-state index contributed by atoms with van der Waals surface area (Å²) in [7, 11) is 0. The van der Waals surface area contributed by atoms with Gasteiger partial charge in [0.25, 0.3) is 0 Å². The molecular formula is C26H23N3O5. The maximum atomic E-state index is 13.3. The van der Waals surface area contributed by atoms with Gasteiger partial charge in [-0.25, -0.2) is 23.5 Å². The van der Waals surface area contributed by atoms with Gasteiger partial charge in [0.2, 0.25) is 0 Å².